The quantitative estimate of drug-likeness (QED) is 0.647. The van der Waals surface area contributed by atoms with Crippen LogP contribution in [0.5, 0.6) is 0 Å². The van der Waals surface area contributed by atoms with Gasteiger partial charge in [-0.05, 0) is 61.2 Å². The van der Waals surface area contributed by atoms with E-state index in [0.29, 0.717) is 28.6 Å². The third-order valence-electron chi connectivity index (χ3n) is 4.53. The van der Waals surface area contributed by atoms with Gasteiger partial charge in [-0.15, -0.1) is 12.4 Å². The highest BCUT2D eigenvalue weighted by atomic mass is 35.5. The number of rotatable bonds is 3. The molecular formula is C17H19Cl3NO3P. The monoisotopic (exact) mass is 421 g/mol. The molecule has 2 aromatic rings. The molecule has 0 amide bonds. The second-order valence-corrected chi connectivity index (χ2v) is 8.65. The number of nitrogens with zero attached hydrogens (tertiary/aromatic N) is 1. The van der Waals surface area contributed by atoms with Gasteiger partial charge in [-0.2, -0.15) is 0 Å². The number of piperidine rings is 1. The molecule has 1 aliphatic rings. The summed E-state index contributed by atoms with van der Waals surface area (Å²) >= 11 is 11.9. The van der Waals surface area contributed by atoms with Gasteiger partial charge in [0.2, 0.25) is 0 Å². The van der Waals surface area contributed by atoms with E-state index in [1.54, 1.807) is 48.5 Å². The lowest BCUT2D eigenvalue weighted by molar-refractivity contribution is 0.290. The van der Waals surface area contributed by atoms with Crippen molar-refractivity contribution in [3.8, 4) is 0 Å². The molecule has 1 atom stereocenters. The summed E-state index contributed by atoms with van der Waals surface area (Å²) in [4.78, 5) is 22.4. The Bertz CT molecular complexity index is 764. The lowest BCUT2D eigenvalue weighted by atomic mass is 9.93. The van der Waals surface area contributed by atoms with E-state index < -0.39 is 12.9 Å². The Kier molecular flexibility index (Phi) is 6.48. The van der Waals surface area contributed by atoms with Crippen LogP contribution >= 0.6 is 43.2 Å². The van der Waals surface area contributed by atoms with Crippen molar-refractivity contribution in [2.75, 3.05) is 11.4 Å². The van der Waals surface area contributed by atoms with Gasteiger partial charge in [0.15, 0.2) is 5.28 Å². The van der Waals surface area contributed by atoms with Crippen molar-refractivity contribution in [3.63, 3.8) is 0 Å². The first-order valence-corrected chi connectivity index (χ1v) is 10.1. The van der Waals surface area contributed by atoms with E-state index in [2.05, 4.69) is 0 Å². The zero-order valence-electron chi connectivity index (χ0n) is 13.3. The van der Waals surface area contributed by atoms with Crippen LogP contribution in [0, 0.1) is 0 Å². The fraction of sp³-hybridized carbons (Fsp3) is 0.294. The van der Waals surface area contributed by atoms with Crippen LogP contribution in [-0.2, 0) is 9.85 Å². The summed E-state index contributed by atoms with van der Waals surface area (Å²) in [5.41, 5.74) is 1.33. The number of hydrogen-bond donors (Lipinski definition) is 2. The van der Waals surface area contributed by atoms with Crippen LogP contribution < -0.4 is 4.90 Å². The molecule has 0 spiro atoms. The first-order chi connectivity index (χ1) is 11.3. The van der Waals surface area contributed by atoms with Crippen molar-refractivity contribution >= 4 is 48.9 Å². The molecule has 3 rings (SSSR count). The smallest absolute Gasteiger partial charge is 0.351 e. The average Bonchev–Trinajstić information content (AvgIpc) is 2.55. The summed E-state index contributed by atoms with van der Waals surface area (Å²) in [6.07, 6.45) is 2.00. The maximum Gasteiger partial charge on any atom is 0.355 e. The molecule has 25 heavy (non-hydrogen) atoms. The molecule has 0 radical (unpaired) electrons. The topological polar surface area (TPSA) is 60.8 Å². The number of hydrogen-bond acceptors (Lipinski definition) is 2. The predicted octanol–water partition coefficient (Wildman–Crippen LogP) is 5.44. The van der Waals surface area contributed by atoms with Gasteiger partial charge in [0, 0.05) is 22.3 Å². The van der Waals surface area contributed by atoms with Gasteiger partial charge in [-0.1, -0.05) is 35.3 Å². The predicted molar refractivity (Wildman–Crippen MR) is 105 cm³/mol. The van der Waals surface area contributed by atoms with E-state index in [-0.39, 0.29) is 12.4 Å². The van der Waals surface area contributed by atoms with Crippen LogP contribution in [0.2, 0.25) is 10.0 Å². The van der Waals surface area contributed by atoms with Gasteiger partial charge in [-0.3, -0.25) is 4.57 Å². The van der Waals surface area contributed by atoms with Crippen LogP contribution in [0.1, 0.15) is 24.8 Å². The van der Waals surface area contributed by atoms with Crippen LogP contribution in [0.4, 0.5) is 5.69 Å². The molecule has 1 fully saturated rings. The fourth-order valence-corrected chi connectivity index (χ4v) is 5.13. The molecule has 1 saturated heterocycles. The molecule has 0 saturated carbocycles. The van der Waals surface area contributed by atoms with Gasteiger partial charge >= 0.3 is 7.60 Å². The summed E-state index contributed by atoms with van der Waals surface area (Å²) < 4.78 is 12.6. The Morgan fingerprint density at radius 3 is 1.96 bits per heavy atom. The van der Waals surface area contributed by atoms with Crippen LogP contribution in [0.15, 0.2) is 48.5 Å². The van der Waals surface area contributed by atoms with Gasteiger partial charge < -0.3 is 14.7 Å². The van der Waals surface area contributed by atoms with Crippen molar-refractivity contribution in [1.29, 1.82) is 0 Å². The van der Waals surface area contributed by atoms with E-state index in [0.717, 1.165) is 18.5 Å². The SMILES string of the molecule is Cl.O=P(O)(O)C1(c2ccc(Cl)cc2)CCCCN1c1ccc(Cl)cc1. The molecule has 8 heteroatoms. The van der Waals surface area contributed by atoms with Crippen molar-refractivity contribution in [2.45, 2.75) is 24.5 Å². The maximum atomic E-state index is 12.6. The first-order valence-electron chi connectivity index (χ1n) is 7.69. The normalized spacial score (nSPS) is 20.9. The highest BCUT2D eigenvalue weighted by molar-refractivity contribution is 7.53. The minimum absolute atomic E-state index is 0. The number of halogens is 3. The number of anilines is 1. The van der Waals surface area contributed by atoms with Crippen LogP contribution in [0.25, 0.3) is 0 Å². The number of benzene rings is 2. The van der Waals surface area contributed by atoms with Crippen molar-refractivity contribution in [1.82, 2.24) is 0 Å². The lowest BCUT2D eigenvalue weighted by Crippen LogP contribution is -2.49. The highest BCUT2D eigenvalue weighted by Crippen LogP contribution is 2.63. The fourth-order valence-electron chi connectivity index (χ4n) is 3.41. The van der Waals surface area contributed by atoms with Crippen molar-refractivity contribution in [3.05, 3.63) is 64.1 Å². The third-order valence-corrected chi connectivity index (χ3v) is 6.72. The molecule has 2 aromatic carbocycles. The van der Waals surface area contributed by atoms with Crippen molar-refractivity contribution in [2.24, 2.45) is 0 Å². The van der Waals surface area contributed by atoms with Crippen LogP contribution in [0.3, 0.4) is 0 Å². The van der Waals surface area contributed by atoms with Crippen molar-refractivity contribution < 1.29 is 14.4 Å². The van der Waals surface area contributed by atoms with Gasteiger partial charge in [0.25, 0.3) is 0 Å². The first kappa shape index (κ1) is 20.6. The standard InChI is InChI=1S/C17H18Cl2NO3P.ClH/c18-14-5-3-13(4-6-14)17(24(21,22)23)11-1-2-12-20(17)16-9-7-15(19)8-10-16;/h3-10H,1-2,11-12H2,(H2,21,22,23);1H. The Balaban J connectivity index is 0.00000225. The van der Waals surface area contributed by atoms with Gasteiger partial charge in [0.1, 0.15) is 0 Å². The Morgan fingerprint density at radius 2 is 1.44 bits per heavy atom. The van der Waals surface area contributed by atoms with Gasteiger partial charge in [0.05, 0.1) is 0 Å². The van der Waals surface area contributed by atoms with E-state index in [4.69, 9.17) is 23.2 Å². The largest absolute Gasteiger partial charge is 0.355 e. The molecule has 0 bridgehead atoms. The molecule has 1 heterocycles. The average molecular weight is 423 g/mol. The molecule has 0 aromatic heterocycles. The highest BCUT2D eigenvalue weighted by Gasteiger charge is 2.54. The van der Waals surface area contributed by atoms with E-state index in [1.807, 2.05) is 4.90 Å². The molecule has 4 nitrogen and oxygen atoms in total. The second-order valence-electron chi connectivity index (χ2n) is 5.95. The van der Waals surface area contributed by atoms with Gasteiger partial charge in [-0.25, -0.2) is 0 Å². The van der Waals surface area contributed by atoms with E-state index >= 15 is 0 Å². The zero-order chi connectivity index (χ0) is 17.4. The second kappa shape index (κ2) is 7.87. The molecule has 2 N–H and O–H groups in total. The Morgan fingerprint density at radius 1 is 0.920 bits per heavy atom. The van der Waals surface area contributed by atoms with E-state index in [1.165, 1.54) is 0 Å². The van der Waals surface area contributed by atoms with Crippen LogP contribution in [-0.4, -0.2) is 16.3 Å². The lowest BCUT2D eigenvalue weighted by Gasteiger charge is -2.48. The summed E-state index contributed by atoms with van der Waals surface area (Å²) in [7, 11) is -4.49. The zero-order valence-corrected chi connectivity index (χ0v) is 16.5. The summed E-state index contributed by atoms with van der Waals surface area (Å²) in [5.74, 6) is 0. The Labute approximate surface area is 163 Å². The minimum atomic E-state index is -4.49. The van der Waals surface area contributed by atoms with E-state index in [9.17, 15) is 14.4 Å². The summed E-state index contributed by atoms with van der Waals surface area (Å²) in [6, 6.07) is 13.8. The third kappa shape index (κ3) is 3.85. The molecule has 1 unspecified atom stereocenters. The molecule has 1 aliphatic heterocycles. The molecule has 136 valence electrons. The summed E-state index contributed by atoms with van der Waals surface area (Å²) in [6.45, 7) is 0.565. The Hall–Kier alpha value is -0.740. The molecule has 0 aliphatic carbocycles. The maximum absolute atomic E-state index is 12.6. The molecular weight excluding hydrogens is 404 g/mol. The summed E-state index contributed by atoms with van der Waals surface area (Å²) in [5, 5.41) is -0.263. The minimum Gasteiger partial charge on any atom is -0.351 e.